The van der Waals surface area contributed by atoms with Crippen LogP contribution in [0.1, 0.15) is 25.7 Å². The van der Waals surface area contributed by atoms with Gasteiger partial charge in [-0.05, 0) is 26.9 Å². The minimum atomic E-state index is -0.308. The lowest BCUT2D eigenvalue weighted by Crippen LogP contribution is -2.47. The standard InChI is InChI=1S/C24H34N6O4S4/c1-25-9-13-27(14-10-25)17(31)5-3-7-29-21(33)19(37-23(29)35)20-22(34)30(24(36)38-20)8-4-6-18(32)28-15-11-26(2)12-16-28/h3-16H2,1-2H3. The van der Waals surface area contributed by atoms with Gasteiger partial charge in [-0.1, -0.05) is 48.0 Å². The van der Waals surface area contributed by atoms with E-state index in [0.717, 1.165) is 75.9 Å². The molecule has 208 valence electrons. The van der Waals surface area contributed by atoms with Gasteiger partial charge < -0.3 is 19.6 Å². The van der Waals surface area contributed by atoms with E-state index in [1.54, 1.807) is 0 Å². The Morgan fingerprint density at radius 1 is 0.658 bits per heavy atom. The second-order valence-corrected chi connectivity index (χ2v) is 13.2. The molecule has 4 amide bonds. The average Bonchev–Trinajstić information content (AvgIpc) is 3.33. The molecule has 4 aliphatic heterocycles. The van der Waals surface area contributed by atoms with Gasteiger partial charge >= 0.3 is 0 Å². The molecule has 10 nitrogen and oxygen atoms in total. The lowest BCUT2D eigenvalue weighted by Gasteiger charge is -2.32. The third-order valence-electron chi connectivity index (χ3n) is 7.16. The number of rotatable bonds is 8. The molecule has 38 heavy (non-hydrogen) atoms. The van der Waals surface area contributed by atoms with E-state index in [9.17, 15) is 19.2 Å². The van der Waals surface area contributed by atoms with Gasteiger partial charge in [-0.3, -0.25) is 29.0 Å². The van der Waals surface area contributed by atoms with E-state index < -0.39 is 0 Å². The highest BCUT2D eigenvalue weighted by Gasteiger charge is 2.41. The van der Waals surface area contributed by atoms with Crippen LogP contribution in [0.4, 0.5) is 0 Å². The minimum Gasteiger partial charge on any atom is -0.340 e. The molecule has 0 atom stereocenters. The first-order valence-electron chi connectivity index (χ1n) is 12.9. The van der Waals surface area contributed by atoms with E-state index >= 15 is 0 Å². The molecular weight excluding hydrogens is 565 g/mol. The largest absolute Gasteiger partial charge is 0.340 e. The van der Waals surface area contributed by atoms with Crippen LogP contribution >= 0.6 is 48.0 Å². The Labute approximate surface area is 243 Å². The first-order valence-corrected chi connectivity index (χ1v) is 15.3. The number of carbonyl (C=O) groups is 4. The van der Waals surface area contributed by atoms with Gasteiger partial charge in [0.2, 0.25) is 11.8 Å². The zero-order valence-electron chi connectivity index (χ0n) is 21.8. The number of hydrogen-bond donors (Lipinski definition) is 0. The molecule has 0 saturated carbocycles. The summed E-state index contributed by atoms with van der Waals surface area (Å²) in [6.45, 7) is 7.03. The highest BCUT2D eigenvalue weighted by molar-refractivity contribution is 8.29. The van der Waals surface area contributed by atoms with Crippen LogP contribution in [-0.2, 0) is 19.2 Å². The summed E-state index contributed by atoms with van der Waals surface area (Å²) in [6.07, 6.45) is 1.72. The molecule has 0 radical (unpaired) electrons. The van der Waals surface area contributed by atoms with E-state index in [2.05, 4.69) is 9.80 Å². The molecule has 0 aromatic carbocycles. The van der Waals surface area contributed by atoms with Gasteiger partial charge in [0, 0.05) is 78.3 Å². The van der Waals surface area contributed by atoms with E-state index in [0.29, 0.717) is 57.2 Å². The third-order valence-corrected chi connectivity index (χ3v) is 10.2. The fourth-order valence-corrected chi connectivity index (χ4v) is 7.43. The lowest BCUT2D eigenvalue weighted by molar-refractivity contribution is -0.133. The Balaban J connectivity index is 1.27. The van der Waals surface area contributed by atoms with Crippen molar-refractivity contribution in [2.45, 2.75) is 25.7 Å². The molecule has 4 saturated heterocycles. The molecule has 0 aliphatic carbocycles. The molecule has 0 spiro atoms. The SMILES string of the molecule is CN1CCN(C(=O)CCCN2C(=O)C(=C3SC(=S)N(CCCC(=O)N4CCN(C)CC4)C3=O)SC2=S)CC1. The smallest absolute Gasteiger partial charge is 0.267 e. The van der Waals surface area contributed by atoms with Crippen molar-refractivity contribution in [1.82, 2.24) is 29.4 Å². The maximum Gasteiger partial charge on any atom is 0.267 e. The molecule has 0 aromatic rings. The second-order valence-electron chi connectivity index (χ2n) is 9.88. The van der Waals surface area contributed by atoms with Gasteiger partial charge in [0.05, 0.1) is 9.81 Å². The maximum atomic E-state index is 13.2. The Kier molecular flexibility index (Phi) is 10.2. The zero-order valence-corrected chi connectivity index (χ0v) is 25.1. The van der Waals surface area contributed by atoms with Crippen molar-refractivity contribution in [3.63, 3.8) is 0 Å². The number of carbonyl (C=O) groups excluding carboxylic acids is 4. The average molecular weight is 599 g/mol. The van der Waals surface area contributed by atoms with Crippen molar-refractivity contribution in [3.05, 3.63) is 9.81 Å². The van der Waals surface area contributed by atoms with Crippen molar-refractivity contribution in [2.75, 3.05) is 79.5 Å². The van der Waals surface area contributed by atoms with E-state index in [1.807, 2.05) is 23.9 Å². The van der Waals surface area contributed by atoms with Crippen LogP contribution in [0, 0.1) is 0 Å². The van der Waals surface area contributed by atoms with Gasteiger partial charge in [-0.15, -0.1) is 0 Å². The summed E-state index contributed by atoms with van der Waals surface area (Å²) in [5, 5.41) is 0. The van der Waals surface area contributed by atoms with Crippen molar-refractivity contribution in [2.24, 2.45) is 0 Å². The first-order chi connectivity index (χ1) is 18.2. The summed E-state index contributed by atoms with van der Waals surface area (Å²) in [4.78, 5) is 63.0. The van der Waals surface area contributed by atoms with E-state index in [1.165, 1.54) is 9.80 Å². The summed E-state index contributed by atoms with van der Waals surface area (Å²) >= 11 is 13.1. The number of likely N-dealkylation sites (N-methyl/N-ethyl adjacent to an activating group) is 2. The quantitative estimate of drug-likeness (QED) is 0.298. The molecule has 4 fully saturated rings. The number of amides is 4. The number of thiocarbonyl (C=S) groups is 2. The highest BCUT2D eigenvalue weighted by atomic mass is 32.2. The molecular formula is C24H34N6O4S4. The Bertz CT molecular complexity index is 957. The highest BCUT2D eigenvalue weighted by Crippen LogP contribution is 2.42. The van der Waals surface area contributed by atoms with Crippen LogP contribution in [0.2, 0.25) is 0 Å². The van der Waals surface area contributed by atoms with Gasteiger partial charge in [0.1, 0.15) is 8.64 Å². The molecule has 4 rings (SSSR count). The summed E-state index contributed by atoms with van der Waals surface area (Å²) < 4.78 is 0.778. The van der Waals surface area contributed by atoms with E-state index in [4.69, 9.17) is 24.4 Å². The van der Waals surface area contributed by atoms with Crippen molar-refractivity contribution < 1.29 is 19.2 Å². The first kappa shape index (κ1) is 29.4. The van der Waals surface area contributed by atoms with Crippen LogP contribution in [0.3, 0.4) is 0 Å². The number of nitrogens with zero attached hydrogens (tertiary/aromatic N) is 6. The van der Waals surface area contributed by atoms with Crippen LogP contribution < -0.4 is 0 Å². The van der Waals surface area contributed by atoms with Crippen molar-refractivity contribution in [1.29, 1.82) is 0 Å². The van der Waals surface area contributed by atoms with Crippen LogP contribution in [0.25, 0.3) is 0 Å². The fraction of sp³-hybridized carbons (Fsp3) is 0.667. The number of hydrogen-bond acceptors (Lipinski definition) is 10. The molecule has 4 heterocycles. The third kappa shape index (κ3) is 6.94. The molecule has 0 aromatic heterocycles. The Hall–Kier alpha value is -1.58. The topological polar surface area (TPSA) is 87.7 Å². The summed E-state index contributed by atoms with van der Waals surface area (Å²) in [5.41, 5.74) is 0. The summed E-state index contributed by atoms with van der Waals surface area (Å²) in [5.74, 6) is -0.429. The maximum absolute atomic E-state index is 13.2. The van der Waals surface area contributed by atoms with Crippen LogP contribution in [-0.4, -0.2) is 141 Å². The number of piperazine rings is 2. The van der Waals surface area contributed by atoms with Crippen molar-refractivity contribution in [3.8, 4) is 0 Å². The zero-order chi connectivity index (χ0) is 27.4. The second kappa shape index (κ2) is 13.2. The monoisotopic (exact) mass is 598 g/mol. The Morgan fingerprint density at radius 2 is 1.00 bits per heavy atom. The fourth-order valence-electron chi connectivity index (χ4n) is 4.66. The normalized spacial score (nSPS) is 23.8. The molecule has 0 bridgehead atoms. The molecule has 4 aliphatic rings. The molecule has 0 N–H and O–H groups in total. The van der Waals surface area contributed by atoms with E-state index in [-0.39, 0.29) is 23.6 Å². The van der Waals surface area contributed by atoms with Crippen molar-refractivity contribution >= 4 is 80.2 Å². The summed E-state index contributed by atoms with van der Waals surface area (Å²) in [6, 6.07) is 0. The molecule has 0 unspecified atom stereocenters. The van der Waals surface area contributed by atoms with Crippen LogP contribution in [0.15, 0.2) is 9.81 Å². The number of thioether (sulfide) groups is 2. The summed E-state index contributed by atoms with van der Waals surface area (Å²) in [7, 11) is 4.09. The van der Waals surface area contributed by atoms with Gasteiger partial charge in [-0.2, -0.15) is 0 Å². The minimum absolute atomic E-state index is 0.0931. The lowest BCUT2D eigenvalue weighted by atomic mass is 10.2. The molecule has 14 heteroatoms. The predicted octanol–water partition coefficient (Wildman–Crippen LogP) is 1.03. The van der Waals surface area contributed by atoms with Crippen LogP contribution in [0.5, 0.6) is 0 Å². The van der Waals surface area contributed by atoms with Gasteiger partial charge in [0.15, 0.2) is 0 Å². The van der Waals surface area contributed by atoms with Gasteiger partial charge in [0.25, 0.3) is 11.8 Å². The predicted molar refractivity (Wildman–Crippen MR) is 157 cm³/mol. The Morgan fingerprint density at radius 3 is 1.34 bits per heavy atom. The van der Waals surface area contributed by atoms with Gasteiger partial charge in [-0.25, -0.2) is 0 Å².